The summed E-state index contributed by atoms with van der Waals surface area (Å²) in [4.78, 5) is 25.3. The molecule has 6 nitrogen and oxygen atoms in total. The Hall–Kier alpha value is -1.82. The lowest BCUT2D eigenvalue weighted by atomic mass is 9.83. The van der Waals surface area contributed by atoms with Crippen molar-refractivity contribution in [1.29, 1.82) is 0 Å². The molecule has 2 aliphatic heterocycles. The molecule has 108 valence electrons. The van der Waals surface area contributed by atoms with Gasteiger partial charge in [0.25, 0.3) is 5.91 Å². The number of ether oxygens (including phenoxy) is 1. The standard InChI is InChI=1S/C14H18N2O4/c1-10-14(20-9-12(17)15-10)3-5-16(6-4-14)13(18)11-2-7-19-8-11/h2,7-8,10H,3-6,9H2,1H3,(H,15,17)/t10-/m0/s1. The maximum absolute atomic E-state index is 12.2. The number of carbonyl (C=O) groups excluding carboxylic acids is 2. The van der Waals surface area contributed by atoms with E-state index in [0.29, 0.717) is 18.7 Å². The molecule has 3 rings (SSSR count). The van der Waals surface area contributed by atoms with Crippen molar-refractivity contribution in [2.45, 2.75) is 31.4 Å². The minimum absolute atomic E-state index is 0.0129. The quantitative estimate of drug-likeness (QED) is 0.824. The maximum Gasteiger partial charge on any atom is 0.257 e. The minimum atomic E-state index is -0.332. The molecule has 0 bridgehead atoms. The van der Waals surface area contributed by atoms with E-state index < -0.39 is 0 Å². The normalized spacial score (nSPS) is 25.6. The molecular weight excluding hydrogens is 260 g/mol. The van der Waals surface area contributed by atoms with Gasteiger partial charge in [0.1, 0.15) is 12.9 Å². The van der Waals surface area contributed by atoms with E-state index in [0.717, 1.165) is 12.8 Å². The second-order valence-electron chi connectivity index (χ2n) is 5.45. The molecule has 6 heteroatoms. The van der Waals surface area contributed by atoms with Crippen molar-refractivity contribution in [2.75, 3.05) is 19.7 Å². The first-order valence-corrected chi connectivity index (χ1v) is 6.85. The molecule has 2 amide bonds. The molecule has 2 fully saturated rings. The van der Waals surface area contributed by atoms with Crippen LogP contribution in [0.4, 0.5) is 0 Å². The van der Waals surface area contributed by atoms with Gasteiger partial charge in [-0.25, -0.2) is 0 Å². The van der Waals surface area contributed by atoms with Gasteiger partial charge in [0.05, 0.1) is 23.5 Å². The number of hydrogen-bond acceptors (Lipinski definition) is 4. The summed E-state index contributed by atoms with van der Waals surface area (Å²) in [6, 6.07) is 1.65. The summed E-state index contributed by atoms with van der Waals surface area (Å²) in [5.74, 6) is -0.0823. The number of furan rings is 1. The molecule has 1 aromatic heterocycles. The highest BCUT2D eigenvalue weighted by atomic mass is 16.5. The second-order valence-corrected chi connectivity index (χ2v) is 5.45. The first kappa shape index (κ1) is 13.2. The highest BCUT2D eigenvalue weighted by molar-refractivity contribution is 5.93. The molecule has 1 atom stereocenters. The van der Waals surface area contributed by atoms with Crippen LogP contribution in [-0.4, -0.2) is 48.1 Å². The van der Waals surface area contributed by atoms with Crippen LogP contribution in [0, 0.1) is 0 Å². The van der Waals surface area contributed by atoms with Gasteiger partial charge in [-0.2, -0.15) is 0 Å². The number of nitrogens with one attached hydrogen (secondary N) is 1. The van der Waals surface area contributed by atoms with Gasteiger partial charge >= 0.3 is 0 Å². The van der Waals surface area contributed by atoms with Gasteiger partial charge in [0, 0.05) is 13.1 Å². The molecule has 1 aromatic rings. The first-order chi connectivity index (χ1) is 9.61. The number of nitrogens with zero attached hydrogens (tertiary/aromatic N) is 1. The number of hydrogen-bond donors (Lipinski definition) is 1. The minimum Gasteiger partial charge on any atom is -0.472 e. The van der Waals surface area contributed by atoms with E-state index in [-0.39, 0.29) is 30.1 Å². The number of morpholine rings is 1. The van der Waals surface area contributed by atoms with Gasteiger partial charge in [0.15, 0.2) is 0 Å². The van der Waals surface area contributed by atoms with E-state index in [1.54, 1.807) is 6.07 Å². The van der Waals surface area contributed by atoms with Crippen molar-refractivity contribution in [1.82, 2.24) is 10.2 Å². The van der Waals surface area contributed by atoms with Crippen molar-refractivity contribution < 1.29 is 18.7 Å². The molecule has 1 N–H and O–H groups in total. The fraction of sp³-hybridized carbons (Fsp3) is 0.571. The average molecular weight is 278 g/mol. The van der Waals surface area contributed by atoms with Crippen molar-refractivity contribution in [3.8, 4) is 0 Å². The average Bonchev–Trinajstić information content (AvgIpc) is 2.98. The molecular formula is C14H18N2O4. The maximum atomic E-state index is 12.2. The van der Waals surface area contributed by atoms with Crippen LogP contribution in [0.25, 0.3) is 0 Å². The highest BCUT2D eigenvalue weighted by Crippen LogP contribution is 2.32. The topological polar surface area (TPSA) is 71.8 Å². The Labute approximate surface area is 117 Å². The van der Waals surface area contributed by atoms with Crippen molar-refractivity contribution in [3.63, 3.8) is 0 Å². The zero-order valence-electron chi connectivity index (χ0n) is 11.4. The van der Waals surface area contributed by atoms with E-state index >= 15 is 0 Å². The summed E-state index contributed by atoms with van der Waals surface area (Å²) >= 11 is 0. The number of piperidine rings is 1. The van der Waals surface area contributed by atoms with Gasteiger partial charge in [-0.05, 0) is 25.8 Å². The number of carbonyl (C=O) groups is 2. The predicted octanol–water partition coefficient (Wildman–Crippen LogP) is 0.789. The van der Waals surface area contributed by atoms with Crippen LogP contribution < -0.4 is 5.32 Å². The number of amides is 2. The Morgan fingerprint density at radius 3 is 2.80 bits per heavy atom. The SMILES string of the molecule is C[C@@H]1NC(=O)COC12CCN(C(=O)c1ccoc1)CC2. The number of rotatable bonds is 1. The van der Waals surface area contributed by atoms with E-state index in [9.17, 15) is 9.59 Å². The summed E-state index contributed by atoms with van der Waals surface area (Å²) in [7, 11) is 0. The Morgan fingerprint density at radius 1 is 1.45 bits per heavy atom. The Bertz CT molecular complexity index is 503. The Balaban J connectivity index is 1.65. The Morgan fingerprint density at radius 2 is 2.20 bits per heavy atom. The molecule has 0 aliphatic carbocycles. The molecule has 0 saturated carbocycles. The molecule has 0 unspecified atom stereocenters. The summed E-state index contributed by atoms with van der Waals surface area (Å²) in [6.07, 6.45) is 4.43. The lowest BCUT2D eigenvalue weighted by Crippen LogP contribution is -2.63. The second kappa shape index (κ2) is 4.94. The van der Waals surface area contributed by atoms with Crippen LogP contribution in [0.2, 0.25) is 0 Å². The third-order valence-corrected chi connectivity index (χ3v) is 4.32. The third kappa shape index (κ3) is 2.20. The lowest BCUT2D eigenvalue weighted by Gasteiger charge is -2.47. The molecule has 3 heterocycles. The zero-order chi connectivity index (χ0) is 14.2. The van der Waals surface area contributed by atoms with E-state index in [1.807, 2.05) is 11.8 Å². The fourth-order valence-corrected chi connectivity index (χ4v) is 2.98. The predicted molar refractivity (Wildman–Crippen MR) is 70.1 cm³/mol. The van der Waals surface area contributed by atoms with E-state index in [4.69, 9.17) is 9.15 Å². The van der Waals surface area contributed by atoms with Crippen LogP contribution >= 0.6 is 0 Å². The van der Waals surface area contributed by atoms with Gasteiger partial charge in [0.2, 0.25) is 5.91 Å². The zero-order valence-corrected chi connectivity index (χ0v) is 11.4. The van der Waals surface area contributed by atoms with E-state index in [1.165, 1.54) is 12.5 Å². The van der Waals surface area contributed by atoms with Crippen molar-refractivity contribution in [2.24, 2.45) is 0 Å². The van der Waals surface area contributed by atoms with Gasteiger partial charge < -0.3 is 19.4 Å². The van der Waals surface area contributed by atoms with Gasteiger partial charge in [-0.3, -0.25) is 9.59 Å². The smallest absolute Gasteiger partial charge is 0.257 e. The summed E-state index contributed by atoms with van der Waals surface area (Å²) in [5, 5.41) is 2.93. The Kier molecular flexibility index (Phi) is 3.25. The number of likely N-dealkylation sites (tertiary alicyclic amines) is 1. The van der Waals surface area contributed by atoms with Gasteiger partial charge in [-0.15, -0.1) is 0 Å². The van der Waals surface area contributed by atoms with Crippen molar-refractivity contribution in [3.05, 3.63) is 24.2 Å². The van der Waals surface area contributed by atoms with Crippen molar-refractivity contribution >= 4 is 11.8 Å². The van der Waals surface area contributed by atoms with Crippen LogP contribution in [0.15, 0.2) is 23.0 Å². The van der Waals surface area contributed by atoms with Crippen LogP contribution in [0.1, 0.15) is 30.1 Å². The van der Waals surface area contributed by atoms with Crippen LogP contribution in [-0.2, 0) is 9.53 Å². The van der Waals surface area contributed by atoms with E-state index in [2.05, 4.69) is 5.32 Å². The monoisotopic (exact) mass is 278 g/mol. The molecule has 1 spiro atoms. The summed E-state index contributed by atoms with van der Waals surface area (Å²) < 4.78 is 10.7. The molecule has 20 heavy (non-hydrogen) atoms. The molecule has 0 aromatic carbocycles. The fourth-order valence-electron chi connectivity index (χ4n) is 2.98. The summed E-state index contributed by atoms with van der Waals surface area (Å²) in [5.41, 5.74) is 0.244. The lowest BCUT2D eigenvalue weighted by molar-refractivity contribution is -0.158. The molecule has 0 radical (unpaired) electrons. The van der Waals surface area contributed by atoms with Gasteiger partial charge in [-0.1, -0.05) is 0 Å². The largest absolute Gasteiger partial charge is 0.472 e. The summed E-state index contributed by atoms with van der Waals surface area (Å²) in [6.45, 7) is 3.33. The molecule has 2 aliphatic rings. The third-order valence-electron chi connectivity index (χ3n) is 4.32. The van der Waals surface area contributed by atoms with Crippen LogP contribution in [0.3, 0.4) is 0 Å². The molecule has 2 saturated heterocycles. The first-order valence-electron chi connectivity index (χ1n) is 6.85. The van der Waals surface area contributed by atoms with Crippen LogP contribution in [0.5, 0.6) is 0 Å². The highest BCUT2D eigenvalue weighted by Gasteiger charge is 2.44.